The van der Waals surface area contributed by atoms with Gasteiger partial charge in [0.25, 0.3) is 0 Å². The highest BCUT2D eigenvalue weighted by atomic mass is 28.4. The monoisotopic (exact) mass is 457 g/mol. The van der Waals surface area contributed by atoms with E-state index in [1.807, 2.05) is 61.5 Å². The summed E-state index contributed by atoms with van der Waals surface area (Å²) in [5.74, 6) is 0.0549. The molecule has 5 nitrogen and oxygen atoms in total. The molecule has 0 saturated heterocycles. The maximum Gasteiger partial charge on any atom is 0.313 e. The van der Waals surface area contributed by atoms with Gasteiger partial charge in [0.2, 0.25) is 0 Å². The summed E-state index contributed by atoms with van der Waals surface area (Å²) in [6.45, 7) is 13.6. The van der Waals surface area contributed by atoms with Crippen LogP contribution >= 0.6 is 0 Å². The minimum atomic E-state index is -2.08. The van der Waals surface area contributed by atoms with Crippen LogP contribution in [0, 0.1) is 5.92 Å². The molecule has 0 fully saturated rings. The van der Waals surface area contributed by atoms with Crippen molar-refractivity contribution in [2.75, 3.05) is 14.2 Å². The lowest BCUT2D eigenvalue weighted by molar-refractivity contribution is -0.150. The number of hydrogen-bond donors (Lipinski definition) is 1. The predicted octanol–water partition coefficient (Wildman–Crippen LogP) is 5.73. The summed E-state index contributed by atoms with van der Waals surface area (Å²) in [6, 6.07) is 17.7. The van der Waals surface area contributed by atoms with Crippen molar-refractivity contribution in [2.24, 2.45) is 5.92 Å². The lowest BCUT2D eigenvalue weighted by Gasteiger charge is -2.41. The third-order valence-electron chi connectivity index (χ3n) is 6.47. The molecule has 6 heteroatoms. The van der Waals surface area contributed by atoms with Crippen molar-refractivity contribution in [2.45, 2.75) is 64.5 Å². The Kier molecular flexibility index (Phi) is 9.07. The van der Waals surface area contributed by atoms with Gasteiger partial charge in [-0.15, -0.1) is 0 Å². The average molecular weight is 458 g/mol. The summed E-state index contributed by atoms with van der Waals surface area (Å²) in [5, 5.41) is 3.65. The second-order valence-electron chi connectivity index (χ2n) is 9.75. The molecule has 0 aliphatic heterocycles. The van der Waals surface area contributed by atoms with Gasteiger partial charge in [-0.05, 0) is 48.3 Å². The van der Waals surface area contributed by atoms with E-state index in [1.165, 1.54) is 7.11 Å². The van der Waals surface area contributed by atoms with Crippen LogP contribution in [0.5, 0.6) is 5.75 Å². The predicted molar refractivity (Wildman–Crippen MR) is 132 cm³/mol. The van der Waals surface area contributed by atoms with Crippen LogP contribution in [-0.2, 0) is 20.5 Å². The van der Waals surface area contributed by atoms with E-state index in [9.17, 15) is 4.79 Å². The number of nitrogens with one attached hydrogen (secondary N) is 1. The first-order valence-corrected chi connectivity index (χ1v) is 14.1. The van der Waals surface area contributed by atoms with Gasteiger partial charge in [0.15, 0.2) is 8.32 Å². The number of carbonyl (C=O) groups excluding carboxylic acids is 1. The molecule has 176 valence electrons. The Morgan fingerprint density at radius 1 is 1.00 bits per heavy atom. The van der Waals surface area contributed by atoms with E-state index in [2.05, 4.69) is 39.2 Å². The van der Waals surface area contributed by atoms with Crippen LogP contribution in [0.1, 0.15) is 44.9 Å². The minimum Gasteiger partial charge on any atom is -0.497 e. The van der Waals surface area contributed by atoms with Gasteiger partial charge in [0.1, 0.15) is 11.7 Å². The summed E-state index contributed by atoms with van der Waals surface area (Å²) in [6.07, 6.45) is -0.308. The molecular formula is C26H39NO4Si. The highest BCUT2D eigenvalue weighted by Gasteiger charge is 2.43. The van der Waals surface area contributed by atoms with Gasteiger partial charge in [-0.1, -0.05) is 63.2 Å². The lowest BCUT2D eigenvalue weighted by Crippen LogP contribution is -2.49. The molecule has 2 rings (SSSR count). The molecular weight excluding hydrogens is 418 g/mol. The molecule has 0 radical (unpaired) electrons. The third-order valence-corrected chi connectivity index (χ3v) is 11.0. The lowest BCUT2D eigenvalue weighted by atomic mass is 9.88. The van der Waals surface area contributed by atoms with Crippen LogP contribution in [-0.4, -0.2) is 34.6 Å². The fourth-order valence-electron chi connectivity index (χ4n) is 3.53. The summed E-state index contributed by atoms with van der Waals surface area (Å²) >= 11 is 0. The van der Waals surface area contributed by atoms with Crippen LogP contribution in [0.3, 0.4) is 0 Å². The van der Waals surface area contributed by atoms with Gasteiger partial charge in [-0.2, -0.15) is 0 Å². The summed E-state index contributed by atoms with van der Waals surface area (Å²) in [5.41, 5.74) is 2.13. The van der Waals surface area contributed by atoms with Crippen molar-refractivity contribution in [3.63, 3.8) is 0 Å². The number of carbonyl (C=O) groups is 1. The van der Waals surface area contributed by atoms with Gasteiger partial charge >= 0.3 is 5.97 Å². The smallest absolute Gasteiger partial charge is 0.313 e. The number of ether oxygens (including phenoxy) is 2. The zero-order valence-electron chi connectivity index (χ0n) is 20.8. The van der Waals surface area contributed by atoms with Crippen molar-refractivity contribution in [1.29, 1.82) is 0 Å². The van der Waals surface area contributed by atoms with Gasteiger partial charge in [0, 0.05) is 12.6 Å². The first-order valence-electron chi connectivity index (χ1n) is 11.2. The van der Waals surface area contributed by atoms with E-state index in [-0.39, 0.29) is 23.2 Å². The standard InChI is InChI=1S/C26H39NO4Si/c1-19(31-32(7,8)26(2,3)4)23(25(28)30-6)24(21-12-10-9-11-13-21)27-18-20-14-16-22(29-5)17-15-20/h9-17,19,23-24,27H,18H2,1-8H3/t19-,23-,24-/m1/s1. The van der Waals surface area contributed by atoms with E-state index in [1.54, 1.807) is 7.11 Å². The third kappa shape index (κ3) is 6.67. The summed E-state index contributed by atoms with van der Waals surface area (Å²) in [7, 11) is 1.02. The maximum atomic E-state index is 13.1. The highest BCUT2D eigenvalue weighted by molar-refractivity contribution is 6.74. The van der Waals surface area contributed by atoms with Gasteiger partial charge in [-0.3, -0.25) is 4.79 Å². The molecule has 3 atom stereocenters. The molecule has 0 aliphatic carbocycles. The Balaban J connectivity index is 2.36. The molecule has 2 aromatic rings. The Morgan fingerprint density at radius 2 is 1.59 bits per heavy atom. The molecule has 0 unspecified atom stereocenters. The van der Waals surface area contributed by atoms with Crippen LogP contribution < -0.4 is 10.1 Å². The zero-order chi connectivity index (χ0) is 23.9. The normalized spacial score (nSPS) is 15.0. The average Bonchev–Trinajstić information content (AvgIpc) is 2.75. The number of hydrogen-bond acceptors (Lipinski definition) is 5. The van der Waals surface area contributed by atoms with Gasteiger partial charge in [0.05, 0.1) is 20.3 Å². The van der Waals surface area contributed by atoms with Gasteiger partial charge in [-0.25, -0.2) is 0 Å². The summed E-state index contributed by atoms with van der Waals surface area (Å²) < 4.78 is 17.2. The molecule has 0 amide bonds. The van der Waals surface area contributed by atoms with E-state index in [4.69, 9.17) is 13.9 Å². The molecule has 0 saturated carbocycles. The van der Waals surface area contributed by atoms with Crippen molar-refractivity contribution in [3.05, 3.63) is 65.7 Å². The SMILES string of the molecule is COC(=O)[C@@H]([C@H](NCc1ccc(OC)cc1)c1ccccc1)[C@@H](C)O[Si](C)(C)C(C)(C)C. The Bertz CT molecular complexity index is 846. The number of methoxy groups -OCH3 is 2. The number of benzene rings is 2. The van der Waals surface area contributed by atoms with Crippen molar-refractivity contribution < 1.29 is 18.7 Å². The van der Waals surface area contributed by atoms with Crippen molar-refractivity contribution in [3.8, 4) is 5.75 Å². The molecule has 2 aromatic carbocycles. The topological polar surface area (TPSA) is 56.8 Å². The largest absolute Gasteiger partial charge is 0.497 e. The Morgan fingerprint density at radius 3 is 2.09 bits per heavy atom. The van der Waals surface area contributed by atoms with E-state index in [0.717, 1.165) is 16.9 Å². The zero-order valence-corrected chi connectivity index (χ0v) is 21.8. The Hall–Kier alpha value is -2.15. The van der Waals surface area contributed by atoms with E-state index in [0.29, 0.717) is 6.54 Å². The fraction of sp³-hybridized carbons (Fsp3) is 0.500. The summed E-state index contributed by atoms with van der Waals surface area (Å²) in [4.78, 5) is 13.1. The molecule has 0 aromatic heterocycles. The quantitative estimate of drug-likeness (QED) is 0.365. The highest BCUT2D eigenvalue weighted by Crippen LogP contribution is 2.39. The first-order chi connectivity index (χ1) is 15.0. The van der Waals surface area contributed by atoms with Crippen molar-refractivity contribution >= 4 is 14.3 Å². The number of esters is 1. The van der Waals surface area contributed by atoms with Gasteiger partial charge < -0.3 is 19.2 Å². The first kappa shape index (κ1) is 26.1. The second kappa shape index (κ2) is 11.1. The van der Waals surface area contributed by atoms with Crippen LogP contribution in [0.4, 0.5) is 0 Å². The maximum absolute atomic E-state index is 13.1. The fourth-order valence-corrected chi connectivity index (χ4v) is 4.96. The minimum absolute atomic E-state index is 0.0424. The number of rotatable bonds is 10. The van der Waals surface area contributed by atoms with Crippen molar-refractivity contribution in [1.82, 2.24) is 5.32 Å². The molecule has 32 heavy (non-hydrogen) atoms. The van der Waals surface area contributed by atoms with E-state index < -0.39 is 14.2 Å². The Labute approximate surface area is 194 Å². The molecule has 0 bridgehead atoms. The van der Waals surface area contributed by atoms with E-state index >= 15 is 0 Å². The molecule has 0 aliphatic rings. The van der Waals surface area contributed by atoms with Crippen LogP contribution in [0.2, 0.25) is 18.1 Å². The second-order valence-corrected chi connectivity index (χ2v) is 14.5. The molecule has 0 heterocycles. The van der Waals surface area contributed by atoms with Crippen LogP contribution in [0.25, 0.3) is 0 Å². The molecule has 0 spiro atoms. The molecule has 1 N–H and O–H groups in total. The van der Waals surface area contributed by atoms with Crippen LogP contribution in [0.15, 0.2) is 54.6 Å².